The van der Waals surface area contributed by atoms with Crippen LogP contribution in [0.3, 0.4) is 0 Å². The molecule has 0 spiro atoms. The van der Waals surface area contributed by atoms with Crippen LogP contribution >= 0.6 is 0 Å². The van der Waals surface area contributed by atoms with Crippen molar-refractivity contribution in [2.24, 2.45) is 0 Å². The number of nitrogens with one attached hydrogen (secondary N) is 1. The Kier molecular flexibility index (Phi) is 5.12. The molecule has 0 fully saturated rings. The third-order valence-corrected chi connectivity index (χ3v) is 4.52. The number of rotatable bonds is 5. The molecule has 0 aromatic heterocycles. The minimum absolute atomic E-state index is 0.0579. The van der Waals surface area contributed by atoms with Gasteiger partial charge in [0.1, 0.15) is 5.25 Å². The fourth-order valence-corrected chi connectivity index (χ4v) is 3.06. The highest BCUT2D eigenvalue weighted by atomic mass is 32.2. The Morgan fingerprint density at radius 1 is 1.18 bits per heavy atom. The van der Waals surface area contributed by atoms with E-state index in [1.807, 2.05) is 6.07 Å². The molecule has 0 saturated heterocycles. The Morgan fingerprint density at radius 3 is 2.59 bits per heavy atom. The second-order valence-electron chi connectivity index (χ2n) is 4.83. The van der Waals surface area contributed by atoms with E-state index >= 15 is 0 Å². The van der Waals surface area contributed by atoms with Crippen LogP contribution in [-0.2, 0) is 14.8 Å². The van der Waals surface area contributed by atoms with Crippen molar-refractivity contribution in [2.75, 3.05) is 4.72 Å². The van der Waals surface area contributed by atoms with Gasteiger partial charge in [0.15, 0.2) is 5.78 Å². The van der Waals surface area contributed by atoms with Gasteiger partial charge in [-0.25, -0.2) is 8.42 Å². The lowest BCUT2D eigenvalue weighted by molar-refractivity contribution is -0.112. The molecule has 2 rings (SSSR count). The highest BCUT2D eigenvalue weighted by Gasteiger charge is 2.20. The molecule has 0 heterocycles. The molecule has 5 heteroatoms. The van der Waals surface area contributed by atoms with Gasteiger partial charge < -0.3 is 0 Å². The van der Waals surface area contributed by atoms with Crippen LogP contribution < -0.4 is 4.72 Å². The minimum atomic E-state index is -3.56. The number of hydrogen-bond donors (Lipinski definition) is 1. The first kappa shape index (κ1) is 16.0. The molecule has 0 aliphatic heterocycles. The summed E-state index contributed by atoms with van der Waals surface area (Å²) in [4.78, 5) is 10.9. The van der Waals surface area contributed by atoms with E-state index in [0.717, 1.165) is 5.57 Å². The number of hydrogen-bond acceptors (Lipinski definition) is 3. The van der Waals surface area contributed by atoms with E-state index in [2.05, 4.69) is 4.72 Å². The summed E-state index contributed by atoms with van der Waals surface area (Å²) in [5.74, 6) is -0.0579. The van der Waals surface area contributed by atoms with E-state index in [0.29, 0.717) is 5.69 Å². The molecule has 0 bridgehead atoms. The smallest absolute Gasteiger partial charge is 0.242 e. The summed E-state index contributed by atoms with van der Waals surface area (Å²) in [6.07, 6.45) is 11.4. The molecule has 0 amide bonds. The lowest BCUT2D eigenvalue weighted by Gasteiger charge is -2.12. The molecule has 1 aromatic carbocycles. The first-order valence-corrected chi connectivity index (χ1v) is 8.34. The molecular formula is C17H17NO3S. The fraction of sp³-hybridized carbons (Fsp3) is 0.118. The first-order valence-electron chi connectivity index (χ1n) is 6.79. The van der Waals surface area contributed by atoms with Crippen molar-refractivity contribution >= 4 is 21.5 Å². The molecule has 22 heavy (non-hydrogen) atoms. The zero-order valence-corrected chi connectivity index (χ0v) is 13.0. The highest BCUT2D eigenvalue weighted by molar-refractivity contribution is 7.93. The predicted octanol–water partition coefficient (Wildman–Crippen LogP) is 2.99. The van der Waals surface area contributed by atoms with E-state index in [1.165, 1.54) is 13.0 Å². The molecule has 1 unspecified atom stereocenters. The molecule has 114 valence electrons. The van der Waals surface area contributed by atoms with Gasteiger partial charge in [-0.3, -0.25) is 9.52 Å². The van der Waals surface area contributed by atoms with E-state index in [1.54, 1.807) is 60.7 Å². The van der Waals surface area contributed by atoms with Crippen molar-refractivity contribution in [1.82, 2.24) is 0 Å². The van der Waals surface area contributed by atoms with Crippen molar-refractivity contribution in [1.29, 1.82) is 0 Å². The average Bonchev–Trinajstić information content (AvgIpc) is 2.72. The number of carbonyl (C=O) groups is 1. The van der Waals surface area contributed by atoms with E-state index in [-0.39, 0.29) is 5.78 Å². The maximum absolute atomic E-state index is 12.4. The summed E-state index contributed by atoms with van der Waals surface area (Å²) in [6.45, 7) is 1.46. The monoisotopic (exact) mass is 315 g/mol. The van der Waals surface area contributed by atoms with Crippen LogP contribution in [0.5, 0.6) is 0 Å². The molecule has 1 aliphatic rings. The third-order valence-electron chi connectivity index (χ3n) is 2.97. The molecule has 1 aliphatic carbocycles. The topological polar surface area (TPSA) is 63.2 Å². The summed E-state index contributed by atoms with van der Waals surface area (Å²) in [6, 6.07) is 8.74. The van der Waals surface area contributed by atoms with Crippen LogP contribution in [0.15, 0.2) is 78.4 Å². The average molecular weight is 315 g/mol. The fourth-order valence-electron chi connectivity index (χ4n) is 1.87. The predicted molar refractivity (Wildman–Crippen MR) is 89.0 cm³/mol. The first-order chi connectivity index (χ1) is 10.5. The Bertz CT molecular complexity index is 756. The van der Waals surface area contributed by atoms with E-state index in [4.69, 9.17) is 0 Å². The SMILES string of the molecule is CC(=O)/C=C/C1=CC=CC(S(=O)(=O)Nc2ccccc2)C=C1. The highest BCUT2D eigenvalue weighted by Crippen LogP contribution is 2.16. The number of carbonyl (C=O) groups excluding carboxylic acids is 1. The summed E-state index contributed by atoms with van der Waals surface area (Å²) in [5, 5.41) is -0.771. The Labute approximate surface area is 130 Å². The van der Waals surface area contributed by atoms with Gasteiger partial charge in [-0.15, -0.1) is 0 Å². The Hall–Kier alpha value is -2.40. The zero-order chi connectivity index (χ0) is 16.0. The Balaban J connectivity index is 2.14. The van der Waals surface area contributed by atoms with Gasteiger partial charge in [0.25, 0.3) is 0 Å². The van der Waals surface area contributed by atoms with Crippen molar-refractivity contribution in [3.8, 4) is 0 Å². The summed E-state index contributed by atoms with van der Waals surface area (Å²) in [7, 11) is -3.56. The molecule has 1 N–H and O–H groups in total. The number of benzene rings is 1. The minimum Gasteiger partial charge on any atom is -0.295 e. The maximum Gasteiger partial charge on any atom is 0.242 e. The Morgan fingerprint density at radius 2 is 1.91 bits per heavy atom. The normalized spacial score (nSPS) is 18.0. The van der Waals surface area contributed by atoms with Crippen LogP contribution in [0.1, 0.15) is 6.92 Å². The number of para-hydroxylation sites is 1. The number of sulfonamides is 1. The zero-order valence-electron chi connectivity index (χ0n) is 12.1. The van der Waals surface area contributed by atoms with Gasteiger partial charge in [0.2, 0.25) is 10.0 Å². The van der Waals surface area contributed by atoms with Crippen molar-refractivity contribution < 1.29 is 13.2 Å². The van der Waals surface area contributed by atoms with E-state index < -0.39 is 15.3 Å². The van der Waals surface area contributed by atoms with Gasteiger partial charge in [-0.05, 0) is 30.7 Å². The standard InChI is InChI=1S/C17H17NO3S/c1-14(19)10-11-15-6-5-9-17(13-12-15)22(20,21)18-16-7-3-2-4-8-16/h2-13,17-18H,1H3/b11-10+. The van der Waals surface area contributed by atoms with Crippen LogP contribution in [0.25, 0.3) is 0 Å². The van der Waals surface area contributed by atoms with Crippen molar-refractivity contribution in [3.05, 3.63) is 78.4 Å². The van der Waals surface area contributed by atoms with Gasteiger partial charge in [0.05, 0.1) is 0 Å². The van der Waals surface area contributed by atoms with Gasteiger partial charge in [0, 0.05) is 5.69 Å². The molecule has 1 aromatic rings. The molecule has 1 atom stereocenters. The number of allylic oxidation sites excluding steroid dienone is 6. The van der Waals surface area contributed by atoms with Gasteiger partial charge in [-0.1, -0.05) is 54.7 Å². The molecule has 4 nitrogen and oxygen atoms in total. The van der Waals surface area contributed by atoms with Crippen LogP contribution in [-0.4, -0.2) is 19.5 Å². The molecular weight excluding hydrogens is 298 g/mol. The van der Waals surface area contributed by atoms with Crippen LogP contribution in [0.2, 0.25) is 0 Å². The molecule has 0 radical (unpaired) electrons. The van der Waals surface area contributed by atoms with Crippen LogP contribution in [0, 0.1) is 0 Å². The maximum atomic E-state index is 12.4. The van der Waals surface area contributed by atoms with Gasteiger partial charge in [-0.2, -0.15) is 0 Å². The molecule has 0 saturated carbocycles. The summed E-state index contributed by atoms with van der Waals surface area (Å²) >= 11 is 0. The number of anilines is 1. The van der Waals surface area contributed by atoms with E-state index in [9.17, 15) is 13.2 Å². The lowest BCUT2D eigenvalue weighted by Crippen LogP contribution is -2.24. The second kappa shape index (κ2) is 7.04. The number of ketones is 1. The summed E-state index contributed by atoms with van der Waals surface area (Å²) in [5.41, 5.74) is 1.29. The third kappa shape index (κ3) is 4.56. The lowest BCUT2D eigenvalue weighted by atomic mass is 10.2. The second-order valence-corrected chi connectivity index (χ2v) is 6.67. The van der Waals surface area contributed by atoms with Gasteiger partial charge >= 0.3 is 0 Å². The summed E-state index contributed by atoms with van der Waals surface area (Å²) < 4.78 is 27.3. The largest absolute Gasteiger partial charge is 0.295 e. The van der Waals surface area contributed by atoms with Crippen molar-refractivity contribution in [2.45, 2.75) is 12.2 Å². The quantitative estimate of drug-likeness (QED) is 0.850. The van der Waals surface area contributed by atoms with Crippen LogP contribution in [0.4, 0.5) is 5.69 Å². The van der Waals surface area contributed by atoms with Crippen molar-refractivity contribution in [3.63, 3.8) is 0 Å².